The number of carbonyl (C=O) groups excluding carboxylic acids is 3. The highest BCUT2D eigenvalue weighted by molar-refractivity contribution is 7.19. The highest BCUT2D eigenvalue weighted by Crippen LogP contribution is 2.44. The SMILES string of the molecule is Cc1nc(NC(=O)c2ccccc2NC(=O)CNC(=O)OCC2c3ccccc3-c3ccccc32)sc1[N+](=O)[O-]. The van der Waals surface area contributed by atoms with Crippen LogP contribution in [0.2, 0.25) is 0 Å². The number of amides is 3. The summed E-state index contributed by atoms with van der Waals surface area (Å²) in [5.74, 6) is -1.29. The average Bonchev–Trinajstić information content (AvgIpc) is 3.48. The number of aryl methyl sites for hydroxylation is 1. The molecule has 0 unspecified atom stereocenters. The Balaban J connectivity index is 1.16. The molecule has 0 spiro atoms. The van der Waals surface area contributed by atoms with Gasteiger partial charge < -0.3 is 15.4 Å². The van der Waals surface area contributed by atoms with Crippen LogP contribution < -0.4 is 16.0 Å². The van der Waals surface area contributed by atoms with Gasteiger partial charge in [-0.15, -0.1) is 0 Å². The van der Waals surface area contributed by atoms with Gasteiger partial charge in [-0.1, -0.05) is 60.7 Å². The van der Waals surface area contributed by atoms with E-state index in [0.29, 0.717) is 0 Å². The summed E-state index contributed by atoms with van der Waals surface area (Å²) in [7, 11) is 0. The van der Waals surface area contributed by atoms with E-state index in [1.54, 1.807) is 12.1 Å². The van der Waals surface area contributed by atoms with Crippen LogP contribution in [0.1, 0.15) is 33.1 Å². The summed E-state index contributed by atoms with van der Waals surface area (Å²) < 4.78 is 5.45. The molecule has 1 aromatic heterocycles. The van der Waals surface area contributed by atoms with Crippen LogP contribution in [0.5, 0.6) is 0 Å². The molecule has 0 aliphatic heterocycles. The first kappa shape index (κ1) is 26.5. The van der Waals surface area contributed by atoms with Crippen LogP contribution in [0.15, 0.2) is 72.8 Å². The smallest absolute Gasteiger partial charge is 0.407 e. The van der Waals surface area contributed by atoms with Crippen molar-refractivity contribution in [2.75, 3.05) is 23.8 Å². The van der Waals surface area contributed by atoms with E-state index in [1.165, 1.54) is 19.1 Å². The van der Waals surface area contributed by atoms with Gasteiger partial charge in [-0.25, -0.2) is 9.78 Å². The Morgan fingerprint density at radius 1 is 0.950 bits per heavy atom. The van der Waals surface area contributed by atoms with Crippen LogP contribution in [0.4, 0.5) is 20.6 Å². The van der Waals surface area contributed by atoms with Gasteiger partial charge in [-0.05, 0) is 52.6 Å². The highest BCUT2D eigenvalue weighted by Gasteiger charge is 2.29. The first-order valence-corrected chi connectivity index (χ1v) is 13.0. The normalized spacial score (nSPS) is 11.7. The lowest BCUT2D eigenvalue weighted by Gasteiger charge is -2.15. The monoisotopic (exact) mass is 557 g/mol. The number of carbonyl (C=O) groups is 3. The van der Waals surface area contributed by atoms with Crippen molar-refractivity contribution in [3.05, 3.63) is 105 Å². The molecule has 1 heterocycles. The van der Waals surface area contributed by atoms with Crippen LogP contribution in [-0.4, -0.2) is 41.0 Å². The number of aromatic nitrogens is 1. The van der Waals surface area contributed by atoms with Crippen molar-refractivity contribution in [1.82, 2.24) is 10.3 Å². The van der Waals surface area contributed by atoms with Gasteiger partial charge in [0.25, 0.3) is 5.91 Å². The topological polar surface area (TPSA) is 153 Å². The first-order valence-electron chi connectivity index (χ1n) is 12.2. The number of benzene rings is 3. The van der Waals surface area contributed by atoms with E-state index in [2.05, 4.69) is 20.9 Å². The van der Waals surface area contributed by atoms with E-state index in [-0.39, 0.29) is 46.1 Å². The summed E-state index contributed by atoms with van der Waals surface area (Å²) in [6.07, 6.45) is -0.747. The quantitative estimate of drug-likeness (QED) is 0.201. The average molecular weight is 558 g/mol. The lowest BCUT2D eigenvalue weighted by molar-refractivity contribution is -0.380. The van der Waals surface area contributed by atoms with Crippen LogP contribution in [-0.2, 0) is 9.53 Å². The summed E-state index contributed by atoms with van der Waals surface area (Å²) in [6, 6.07) is 22.2. The van der Waals surface area contributed by atoms with Crippen LogP contribution in [0.3, 0.4) is 0 Å². The Morgan fingerprint density at radius 2 is 1.57 bits per heavy atom. The molecule has 11 nitrogen and oxygen atoms in total. The molecule has 1 aliphatic carbocycles. The minimum atomic E-state index is -0.747. The number of nitrogens with one attached hydrogen (secondary N) is 3. The van der Waals surface area contributed by atoms with E-state index in [9.17, 15) is 24.5 Å². The summed E-state index contributed by atoms with van der Waals surface area (Å²) in [5, 5.41) is 18.5. The van der Waals surface area contributed by atoms with Gasteiger partial charge in [0, 0.05) is 5.92 Å². The third-order valence-electron chi connectivity index (χ3n) is 6.34. The van der Waals surface area contributed by atoms with Gasteiger partial charge >= 0.3 is 11.1 Å². The predicted molar refractivity (Wildman–Crippen MR) is 150 cm³/mol. The summed E-state index contributed by atoms with van der Waals surface area (Å²) in [4.78, 5) is 52.3. The molecule has 5 rings (SSSR count). The number of nitrogens with zero attached hydrogens (tertiary/aromatic N) is 2. The number of nitro groups is 1. The number of rotatable bonds is 8. The predicted octanol–water partition coefficient (Wildman–Crippen LogP) is 5.09. The molecule has 1 aliphatic rings. The number of ether oxygens (including phenoxy) is 1. The van der Waals surface area contributed by atoms with Crippen molar-refractivity contribution in [2.45, 2.75) is 12.8 Å². The third-order valence-corrected chi connectivity index (χ3v) is 7.37. The summed E-state index contributed by atoms with van der Waals surface area (Å²) >= 11 is 0.737. The molecule has 40 heavy (non-hydrogen) atoms. The van der Waals surface area contributed by atoms with E-state index in [0.717, 1.165) is 33.6 Å². The second-order valence-electron chi connectivity index (χ2n) is 8.89. The first-order chi connectivity index (χ1) is 19.3. The van der Waals surface area contributed by atoms with Crippen LogP contribution in [0, 0.1) is 17.0 Å². The molecule has 0 bridgehead atoms. The van der Waals surface area contributed by atoms with E-state index in [1.807, 2.05) is 48.5 Å². The fourth-order valence-electron chi connectivity index (χ4n) is 4.56. The van der Waals surface area contributed by atoms with Crippen molar-refractivity contribution < 1.29 is 24.0 Å². The van der Waals surface area contributed by atoms with Crippen molar-refractivity contribution in [3.63, 3.8) is 0 Å². The minimum Gasteiger partial charge on any atom is -0.449 e. The van der Waals surface area contributed by atoms with E-state index in [4.69, 9.17) is 4.74 Å². The van der Waals surface area contributed by atoms with E-state index >= 15 is 0 Å². The number of anilines is 2. The second kappa shape index (κ2) is 11.3. The fourth-order valence-corrected chi connectivity index (χ4v) is 5.34. The zero-order chi connectivity index (χ0) is 28.2. The molecule has 0 fully saturated rings. The van der Waals surface area contributed by atoms with Gasteiger partial charge in [0.2, 0.25) is 5.91 Å². The molecular weight excluding hydrogens is 534 g/mol. The van der Waals surface area contributed by atoms with Gasteiger partial charge in [0.05, 0.1) is 16.2 Å². The van der Waals surface area contributed by atoms with Gasteiger partial charge in [0.1, 0.15) is 18.8 Å². The Hall–Kier alpha value is -5.10. The van der Waals surface area contributed by atoms with Gasteiger partial charge in [-0.2, -0.15) is 0 Å². The maximum Gasteiger partial charge on any atom is 0.407 e. The Bertz CT molecular complexity index is 1590. The lowest BCUT2D eigenvalue weighted by Crippen LogP contribution is -2.34. The van der Waals surface area contributed by atoms with Crippen LogP contribution >= 0.6 is 11.3 Å². The number of para-hydroxylation sites is 1. The zero-order valence-corrected chi connectivity index (χ0v) is 22.0. The Kier molecular flexibility index (Phi) is 7.51. The molecule has 0 radical (unpaired) electrons. The molecule has 3 aromatic carbocycles. The largest absolute Gasteiger partial charge is 0.449 e. The zero-order valence-electron chi connectivity index (χ0n) is 21.2. The molecular formula is C28H23N5O6S. The second-order valence-corrected chi connectivity index (χ2v) is 9.87. The number of hydrogen-bond donors (Lipinski definition) is 3. The number of alkyl carbamates (subject to hydrolysis) is 1. The van der Waals surface area contributed by atoms with Crippen LogP contribution in [0.25, 0.3) is 11.1 Å². The molecule has 0 saturated carbocycles. The standard InChI is InChI=1S/C28H23N5O6S/c1-16-26(33(37)38)40-27(30-16)32-25(35)21-12-6-7-13-23(21)31-24(34)14-29-28(36)39-15-22-19-10-4-2-8-17(19)18-9-3-5-11-20(18)22/h2-13,22H,14-15H2,1H3,(H,29,36)(H,31,34)(H,30,32,35). The van der Waals surface area contributed by atoms with E-state index < -0.39 is 22.8 Å². The fraction of sp³-hybridized carbons (Fsp3) is 0.143. The molecule has 0 atom stereocenters. The third kappa shape index (κ3) is 5.52. The summed E-state index contributed by atoms with van der Waals surface area (Å²) in [5.41, 5.74) is 4.87. The lowest BCUT2D eigenvalue weighted by atomic mass is 9.98. The van der Waals surface area contributed by atoms with Gasteiger partial charge in [-0.3, -0.25) is 25.0 Å². The Labute approximate surface area is 232 Å². The molecule has 202 valence electrons. The van der Waals surface area contributed by atoms with Crippen molar-refractivity contribution in [3.8, 4) is 11.1 Å². The highest BCUT2D eigenvalue weighted by atomic mass is 32.1. The summed E-state index contributed by atoms with van der Waals surface area (Å²) in [6.45, 7) is 1.20. The van der Waals surface area contributed by atoms with Gasteiger partial charge in [0.15, 0.2) is 5.13 Å². The Morgan fingerprint density at radius 3 is 2.23 bits per heavy atom. The number of thiazole rings is 1. The molecule has 4 aromatic rings. The molecule has 3 N–H and O–H groups in total. The number of hydrogen-bond acceptors (Lipinski definition) is 8. The van der Waals surface area contributed by atoms with Crippen molar-refractivity contribution in [1.29, 1.82) is 0 Å². The maximum absolute atomic E-state index is 12.8. The number of fused-ring (bicyclic) bond motifs is 3. The molecule has 12 heteroatoms. The van der Waals surface area contributed by atoms with Crippen molar-refractivity contribution in [2.24, 2.45) is 0 Å². The molecule has 3 amide bonds. The molecule has 0 saturated heterocycles. The minimum absolute atomic E-state index is 0.0623. The van der Waals surface area contributed by atoms with Crippen molar-refractivity contribution >= 4 is 45.1 Å². The maximum atomic E-state index is 12.8.